The lowest BCUT2D eigenvalue weighted by molar-refractivity contribution is 0.102. The molecule has 0 aliphatic rings. The van der Waals surface area contributed by atoms with E-state index >= 15 is 0 Å². The summed E-state index contributed by atoms with van der Waals surface area (Å²) in [7, 11) is 0. The Morgan fingerprint density at radius 3 is 2.30 bits per heavy atom. The van der Waals surface area contributed by atoms with Crippen molar-refractivity contribution in [1.82, 2.24) is 0 Å². The molecule has 0 atom stereocenters. The lowest BCUT2D eigenvalue weighted by Gasteiger charge is -2.11. The van der Waals surface area contributed by atoms with Crippen LogP contribution in [0.5, 0.6) is 0 Å². The maximum Gasteiger partial charge on any atom is 0.258 e. The van der Waals surface area contributed by atoms with Gasteiger partial charge in [0.2, 0.25) is 0 Å². The van der Waals surface area contributed by atoms with Crippen LogP contribution in [0, 0.1) is 5.82 Å². The molecular weight excluding hydrogens is 459 g/mol. The van der Waals surface area contributed by atoms with E-state index in [-0.39, 0.29) is 5.56 Å². The van der Waals surface area contributed by atoms with Crippen molar-refractivity contribution in [2.75, 3.05) is 11.1 Å². The number of halogens is 4. The standard InChI is InChI=1S/C13H8Br3FN2O/c14-6-1-2-11(17)8(3-6)13(20)19-12-9(15)4-7(18)5-10(12)16/h1-5H,18H2,(H,19,20). The number of nitrogens with one attached hydrogen (secondary N) is 1. The van der Waals surface area contributed by atoms with Gasteiger partial charge in [-0.25, -0.2) is 4.39 Å². The van der Waals surface area contributed by atoms with Crippen molar-refractivity contribution >= 4 is 65.1 Å². The predicted octanol–water partition coefficient (Wildman–Crippen LogP) is 4.95. The van der Waals surface area contributed by atoms with Gasteiger partial charge >= 0.3 is 0 Å². The molecule has 7 heteroatoms. The second kappa shape index (κ2) is 6.24. The van der Waals surface area contributed by atoms with Crippen LogP contribution in [0.25, 0.3) is 0 Å². The number of nitrogens with two attached hydrogens (primary N) is 1. The summed E-state index contributed by atoms with van der Waals surface area (Å²) in [5.74, 6) is -1.14. The molecule has 2 aromatic carbocycles. The van der Waals surface area contributed by atoms with E-state index < -0.39 is 11.7 Å². The first-order valence-electron chi connectivity index (χ1n) is 5.39. The number of carbonyl (C=O) groups is 1. The Bertz CT molecular complexity index is 668. The van der Waals surface area contributed by atoms with E-state index in [0.717, 1.165) is 0 Å². The number of carbonyl (C=O) groups excluding carboxylic acids is 1. The van der Waals surface area contributed by atoms with Crippen molar-refractivity contribution in [2.24, 2.45) is 0 Å². The van der Waals surface area contributed by atoms with Gasteiger partial charge in [0.15, 0.2) is 0 Å². The number of hydrogen-bond donors (Lipinski definition) is 2. The summed E-state index contributed by atoms with van der Waals surface area (Å²) in [6.07, 6.45) is 0. The normalized spacial score (nSPS) is 10.4. The maximum absolute atomic E-state index is 13.7. The molecule has 2 aromatic rings. The Morgan fingerprint density at radius 1 is 1.10 bits per heavy atom. The monoisotopic (exact) mass is 464 g/mol. The zero-order valence-corrected chi connectivity index (χ0v) is 14.6. The molecule has 0 saturated carbocycles. The number of rotatable bonds is 2. The molecule has 2 rings (SSSR count). The van der Waals surface area contributed by atoms with Crippen LogP contribution >= 0.6 is 47.8 Å². The van der Waals surface area contributed by atoms with Gasteiger partial charge in [0.1, 0.15) is 5.82 Å². The number of nitrogen functional groups attached to an aromatic ring is 1. The van der Waals surface area contributed by atoms with Crippen LogP contribution in [0.15, 0.2) is 43.7 Å². The highest BCUT2D eigenvalue weighted by Gasteiger charge is 2.15. The van der Waals surface area contributed by atoms with Gasteiger partial charge in [0, 0.05) is 19.1 Å². The summed E-state index contributed by atoms with van der Waals surface area (Å²) >= 11 is 9.82. The molecule has 20 heavy (non-hydrogen) atoms. The van der Waals surface area contributed by atoms with Crippen molar-refractivity contribution in [3.05, 3.63) is 55.1 Å². The summed E-state index contributed by atoms with van der Waals surface area (Å²) in [6.45, 7) is 0. The molecule has 0 saturated heterocycles. The molecule has 3 N–H and O–H groups in total. The molecular formula is C13H8Br3FN2O. The van der Waals surface area contributed by atoms with Gasteiger partial charge < -0.3 is 11.1 Å². The van der Waals surface area contributed by atoms with Gasteiger partial charge in [-0.2, -0.15) is 0 Å². The minimum absolute atomic E-state index is 0.0463. The zero-order chi connectivity index (χ0) is 14.9. The molecule has 0 fully saturated rings. The van der Waals surface area contributed by atoms with E-state index in [1.165, 1.54) is 18.2 Å². The van der Waals surface area contributed by atoms with E-state index in [4.69, 9.17) is 5.73 Å². The highest BCUT2D eigenvalue weighted by molar-refractivity contribution is 9.11. The van der Waals surface area contributed by atoms with Gasteiger partial charge in [-0.1, -0.05) is 15.9 Å². The number of amides is 1. The quantitative estimate of drug-likeness (QED) is 0.615. The Hall–Kier alpha value is -0.920. The second-order valence-electron chi connectivity index (χ2n) is 3.94. The molecule has 3 nitrogen and oxygen atoms in total. The molecule has 0 aromatic heterocycles. The highest BCUT2D eigenvalue weighted by atomic mass is 79.9. The molecule has 0 aliphatic heterocycles. The summed E-state index contributed by atoms with van der Waals surface area (Å²) in [4.78, 5) is 12.1. The number of benzene rings is 2. The highest BCUT2D eigenvalue weighted by Crippen LogP contribution is 2.34. The maximum atomic E-state index is 13.7. The van der Waals surface area contributed by atoms with Crippen LogP contribution in [-0.4, -0.2) is 5.91 Å². The van der Waals surface area contributed by atoms with E-state index in [0.29, 0.717) is 24.8 Å². The molecule has 0 unspecified atom stereocenters. The third kappa shape index (κ3) is 3.39. The van der Waals surface area contributed by atoms with Gasteiger partial charge in [-0.05, 0) is 62.2 Å². The topological polar surface area (TPSA) is 55.1 Å². The van der Waals surface area contributed by atoms with Crippen molar-refractivity contribution in [3.63, 3.8) is 0 Å². The third-order valence-corrected chi connectivity index (χ3v) is 4.22. The molecule has 0 bridgehead atoms. The van der Waals surface area contributed by atoms with E-state index in [2.05, 4.69) is 53.1 Å². The fraction of sp³-hybridized carbons (Fsp3) is 0. The van der Waals surface area contributed by atoms with Crippen molar-refractivity contribution in [3.8, 4) is 0 Å². The first-order valence-corrected chi connectivity index (χ1v) is 7.77. The second-order valence-corrected chi connectivity index (χ2v) is 6.56. The average molecular weight is 467 g/mol. The first kappa shape index (κ1) is 15.5. The van der Waals surface area contributed by atoms with Crippen LogP contribution in [0.1, 0.15) is 10.4 Å². The summed E-state index contributed by atoms with van der Waals surface area (Å²) < 4.78 is 15.5. The largest absolute Gasteiger partial charge is 0.399 e. The van der Waals surface area contributed by atoms with Crippen LogP contribution in [0.2, 0.25) is 0 Å². The van der Waals surface area contributed by atoms with Gasteiger partial charge in [-0.15, -0.1) is 0 Å². The minimum Gasteiger partial charge on any atom is -0.399 e. The van der Waals surface area contributed by atoms with Gasteiger partial charge in [-0.3, -0.25) is 4.79 Å². The minimum atomic E-state index is -0.589. The van der Waals surface area contributed by atoms with E-state index in [1.54, 1.807) is 12.1 Å². The predicted molar refractivity (Wildman–Crippen MR) is 88.3 cm³/mol. The Balaban J connectivity index is 2.35. The van der Waals surface area contributed by atoms with Crippen molar-refractivity contribution in [2.45, 2.75) is 0 Å². The molecule has 1 amide bonds. The van der Waals surface area contributed by atoms with Gasteiger partial charge in [0.05, 0.1) is 11.3 Å². The SMILES string of the molecule is Nc1cc(Br)c(NC(=O)c2cc(Br)ccc2F)c(Br)c1. The summed E-state index contributed by atoms with van der Waals surface area (Å²) in [5, 5.41) is 2.64. The summed E-state index contributed by atoms with van der Waals surface area (Å²) in [5.41, 5.74) is 6.66. The van der Waals surface area contributed by atoms with Crippen molar-refractivity contribution < 1.29 is 9.18 Å². The van der Waals surface area contributed by atoms with Crippen molar-refractivity contribution in [1.29, 1.82) is 0 Å². The fourth-order valence-corrected chi connectivity index (χ4v) is 3.35. The summed E-state index contributed by atoms with van der Waals surface area (Å²) in [6, 6.07) is 7.48. The molecule has 0 spiro atoms. The van der Waals surface area contributed by atoms with Crippen LogP contribution in [0.3, 0.4) is 0 Å². The Morgan fingerprint density at radius 2 is 1.70 bits per heavy atom. The van der Waals surface area contributed by atoms with Crippen LogP contribution in [-0.2, 0) is 0 Å². The zero-order valence-electron chi connectivity index (χ0n) is 9.88. The van der Waals surface area contributed by atoms with E-state index in [1.807, 2.05) is 0 Å². The fourth-order valence-electron chi connectivity index (χ4n) is 1.56. The average Bonchev–Trinajstić information content (AvgIpc) is 2.36. The van der Waals surface area contributed by atoms with E-state index in [9.17, 15) is 9.18 Å². The lowest BCUT2D eigenvalue weighted by atomic mass is 10.2. The lowest BCUT2D eigenvalue weighted by Crippen LogP contribution is -2.14. The molecule has 104 valence electrons. The number of hydrogen-bond acceptors (Lipinski definition) is 2. The Labute approximate surface area is 140 Å². The smallest absolute Gasteiger partial charge is 0.258 e. The van der Waals surface area contributed by atoms with Gasteiger partial charge in [0.25, 0.3) is 5.91 Å². The van der Waals surface area contributed by atoms with Crippen LogP contribution in [0.4, 0.5) is 15.8 Å². The molecule has 0 aliphatic carbocycles. The first-order chi connectivity index (χ1) is 9.38. The third-order valence-electron chi connectivity index (χ3n) is 2.48. The molecule has 0 heterocycles. The number of anilines is 2. The Kier molecular flexibility index (Phi) is 4.82. The van der Waals surface area contributed by atoms with Crippen LogP contribution < -0.4 is 11.1 Å². The molecule has 0 radical (unpaired) electrons.